The van der Waals surface area contributed by atoms with E-state index in [9.17, 15) is 9.59 Å². The highest BCUT2D eigenvalue weighted by atomic mass is 32.2. The van der Waals surface area contributed by atoms with E-state index in [0.717, 1.165) is 4.88 Å². The van der Waals surface area contributed by atoms with Gasteiger partial charge >= 0.3 is 0 Å². The van der Waals surface area contributed by atoms with Crippen LogP contribution >= 0.6 is 23.1 Å². The first-order valence-electron chi connectivity index (χ1n) is 7.12. The molecular weight excluding hydrogens is 344 g/mol. The highest BCUT2D eigenvalue weighted by molar-refractivity contribution is 7.99. The van der Waals surface area contributed by atoms with Crippen LogP contribution in [0.1, 0.15) is 17.3 Å². The average Bonchev–Trinajstić information content (AvgIpc) is 3.24. The maximum Gasteiger partial charge on any atom is 0.234 e. The second kappa shape index (κ2) is 7.41. The molecule has 0 spiro atoms. The summed E-state index contributed by atoms with van der Waals surface area (Å²) >= 11 is 2.82. The molecule has 6 nitrogen and oxygen atoms in total. The SMILES string of the molecule is CC(=O)c1cccc(NC(=O)CSc2n[nH]c(-c3cccs3)n2)c1. The number of carbonyl (C=O) groups is 2. The predicted octanol–water partition coefficient (Wildman–Crippen LogP) is 3.47. The van der Waals surface area contributed by atoms with E-state index in [0.29, 0.717) is 22.2 Å². The summed E-state index contributed by atoms with van der Waals surface area (Å²) in [6.07, 6.45) is 0. The highest BCUT2D eigenvalue weighted by Gasteiger charge is 2.10. The van der Waals surface area contributed by atoms with Crippen molar-refractivity contribution in [1.29, 1.82) is 0 Å². The van der Waals surface area contributed by atoms with Gasteiger partial charge in [-0.15, -0.1) is 16.4 Å². The number of benzene rings is 1. The summed E-state index contributed by atoms with van der Waals surface area (Å²) in [5, 5.41) is 12.2. The Hall–Kier alpha value is -2.45. The molecule has 0 atom stereocenters. The van der Waals surface area contributed by atoms with Gasteiger partial charge in [0.15, 0.2) is 11.6 Å². The Kier molecular flexibility index (Phi) is 5.07. The number of thiophene rings is 1. The molecule has 24 heavy (non-hydrogen) atoms. The number of carbonyl (C=O) groups excluding carboxylic acids is 2. The van der Waals surface area contributed by atoms with Crippen LogP contribution in [0.5, 0.6) is 0 Å². The smallest absolute Gasteiger partial charge is 0.234 e. The largest absolute Gasteiger partial charge is 0.325 e. The molecule has 2 aromatic heterocycles. The molecule has 0 fully saturated rings. The number of aromatic amines is 1. The number of Topliss-reactive ketones (excluding diaryl/α,β-unsaturated/α-hetero) is 1. The van der Waals surface area contributed by atoms with Crippen LogP contribution in [0.4, 0.5) is 5.69 Å². The first kappa shape index (κ1) is 16.4. The van der Waals surface area contributed by atoms with E-state index in [1.54, 1.807) is 35.6 Å². The number of nitrogens with zero attached hydrogens (tertiary/aromatic N) is 2. The first-order chi connectivity index (χ1) is 11.6. The van der Waals surface area contributed by atoms with Crippen LogP contribution in [0, 0.1) is 0 Å². The number of anilines is 1. The number of hydrogen-bond donors (Lipinski definition) is 2. The van der Waals surface area contributed by atoms with Crippen LogP contribution in [0.15, 0.2) is 46.9 Å². The fraction of sp³-hybridized carbons (Fsp3) is 0.125. The van der Waals surface area contributed by atoms with Crippen molar-refractivity contribution >= 4 is 40.5 Å². The topological polar surface area (TPSA) is 87.7 Å². The number of thioether (sulfide) groups is 1. The van der Waals surface area contributed by atoms with Gasteiger partial charge in [-0.2, -0.15) is 0 Å². The fourth-order valence-corrected chi connectivity index (χ4v) is 3.24. The maximum atomic E-state index is 12.0. The van der Waals surface area contributed by atoms with Crippen molar-refractivity contribution in [3.8, 4) is 10.7 Å². The van der Waals surface area contributed by atoms with E-state index in [-0.39, 0.29) is 17.4 Å². The maximum absolute atomic E-state index is 12.0. The molecule has 1 aromatic carbocycles. The standard InChI is InChI=1S/C16H14N4O2S2/c1-10(21)11-4-2-5-12(8-11)17-14(22)9-24-16-18-15(19-20-16)13-6-3-7-23-13/h2-8H,9H2,1H3,(H,17,22)(H,18,19,20). The molecule has 2 N–H and O–H groups in total. The number of hydrogen-bond acceptors (Lipinski definition) is 6. The Morgan fingerprint density at radius 1 is 1.29 bits per heavy atom. The summed E-state index contributed by atoms with van der Waals surface area (Å²) in [6.45, 7) is 1.49. The minimum atomic E-state index is -0.178. The molecule has 3 rings (SSSR count). The molecule has 122 valence electrons. The van der Waals surface area contributed by atoms with Gasteiger partial charge in [-0.05, 0) is 30.5 Å². The number of amides is 1. The summed E-state index contributed by atoms with van der Waals surface area (Å²) in [7, 11) is 0. The van der Waals surface area contributed by atoms with Gasteiger partial charge in [0.1, 0.15) is 0 Å². The second-order valence-electron chi connectivity index (χ2n) is 4.92. The fourth-order valence-electron chi connectivity index (χ4n) is 1.98. The zero-order chi connectivity index (χ0) is 16.9. The van der Waals surface area contributed by atoms with E-state index in [1.807, 2.05) is 17.5 Å². The summed E-state index contributed by atoms with van der Waals surface area (Å²) in [5.74, 6) is 0.666. The molecule has 3 aromatic rings. The molecule has 2 heterocycles. The lowest BCUT2D eigenvalue weighted by Crippen LogP contribution is -2.14. The molecule has 0 aliphatic heterocycles. The molecule has 0 saturated carbocycles. The van der Waals surface area contributed by atoms with Crippen molar-refractivity contribution < 1.29 is 9.59 Å². The van der Waals surface area contributed by atoms with Crippen LogP contribution in [0.25, 0.3) is 10.7 Å². The van der Waals surface area contributed by atoms with Gasteiger partial charge in [-0.3, -0.25) is 14.7 Å². The number of aromatic nitrogens is 3. The third kappa shape index (κ3) is 4.09. The molecule has 0 saturated heterocycles. The summed E-state index contributed by atoms with van der Waals surface area (Å²) < 4.78 is 0. The Morgan fingerprint density at radius 3 is 2.92 bits per heavy atom. The Bertz CT molecular complexity index is 859. The van der Waals surface area contributed by atoms with Gasteiger partial charge in [0.05, 0.1) is 10.6 Å². The van der Waals surface area contributed by atoms with Crippen molar-refractivity contribution in [2.45, 2.75) is 12.1 Å². The van der Waals surface area contributed by atoms with Crippen LogP contribution in [-0.4, -0.2) is 32.6 Å². The Labute approximate surface area is 146 Å². The summed E-state index contributed by atoms with van der Waals surface area (Å²) in [5.41, 5.74) is 1.16. The third-order valence-electron chi connectivity index (χ3n) is 3.10. The zero-order valence-electron chi connectivity index (χ0n) is 12.8. The van der Waals surface area contributed by atoms with Gasteiger partial charge in [0, 0.05) is 11.3 Å². The first-order valence-corrected chi connectivity index (χ1v) is 8.98. The second-order valence-corrected chi connectivity index (χ2v) is 6.81. The Morgan fingerprint density at radius 2 is 2.17 bits per heavy atom. The van der Waals surface area contributed by atoms with E-state index >= 15 is 0 Å². The van der Waals surface area contributed by atoms with Crippen LogP contribution in [0.2, 0.25) is 0 Å². The summed E-state index contributed by atoms with van der Waals surface area (Å²) in [6, 6.07) is 10.8. The predicted molar refractivity (Wildman–Crippen MR) is 95.5 cm³/mol. The monoisotopic (exact) mass is 358 g/mol. The van der Waals surface area contributed by atoms with E-state index in [4.69, 9.17) is 0 Å². The number of H-pyrrole nitrogens is 1. The highest BCUT2D eigenvalue weighted by Crippen LogP contribution is 2.23. The molecule has 8 heteroatoms. The van der Waals surface area contributed by atoms with Crippen molar-refractivity contribution in [2.75, 3.05) is 11.1 Å². The van der Waals surface area contributed by atoms with Gasteiger partial charge in [-0.25, -0.2) is 4.98 Å². The van der Waals surface area contributed by atoms with Gasteiger partial charge in [-0.1, -0.05) is 30.0 Å². The quantitative estimate of drug-likeness (QED) is 0.520. The lowest BCUT2D eigenvalue weighted by atomic mass is 10.1. The van der Waals surface area contributed by atoms with E-state index in [1.165, 1.54) is 18.7 Å². The molecule has 0 radical (unpaired) electrons. The summed E-state index contributed by atoms with van der Waals surface area (Å²) in [4.78, 5) is 28.7. The Balaban J connectivity index is 1.56. The normalized spacial score (nSPS) is 10.5. The lowest BCUT2D eigenvalue weighted by molar-refractivity contribution is -0.113. The molecule has 0 unspecified atom stereocenters. The van der Waals surface area contributed by atoms with Crippen molar-refractivity contribution in [3.63, 3.8) is 0 Å². The van der Waals surface area contributed by atoms with Gasteiger partial charge in [0.25, 0.3) is 0 Å². The van der Waals surface area contributed by atoms with Crippen LogP contribution in [0.3, 0.4) is 0 Å². The van der Waals surface area contributed by atoms with Crippen molar-refractivity contribution in [3.05, 3.63) is 47.3 Å². The van der Waals surface area contributed by atoms with Gasteiger partial charge < -0.3 is 5.32 Å². The molecule has 1 amide bonds. The molecule has 0 aliphatic carbocycles. The minimum Gasteiger partial charge on any atom is -0.325 e. The molecular formula is C16H14N4O2S2. The van der Waals surface area contributed by atoms with Crippen molar-refractivity contribution in [1.82, 2.24) is 15.2 Å². The third-order valence-corrected chi connectivity index (χ3v) is 4.83. The number of nitrogens with one attached hydrogen (secondary N) is 2. The minimum absolute atomic E-state index is 0.0395. The van der Waals surface area contributed by atoms with Crippen LogP contribution in [-0.2, 0) is 4.79 Å². The van der Waals surface area contributed by atoms with Crippen LogP contribution < -0.4 is 5.32 Å². The number of rotatable bonds is 6. The van der Waals surface area contributed by atoms with Crippen molar-refractivity contribution in [2.24, 2.45) is 0 Å². The molecule has 0 aliphatic rings. The lowest BCUT2D eigenvalue weighted by Gasteiger charge is -2.05. The molecule has 0 bridgehead atoms. The van der Waals surface area contributed by atoms with Gasteiger partial charge in [0.2, 0.25) is 11.1 Å². The van der Waals surface area contributed by atoms with E-state index in [2.05, 4.69) is 20.5 Å². The number of ketones is 1. The average molecular weight is 358 g/mol. The zero-order valence-corrected chi connectivity index (χ0v) is 14.4. The van der Waals surface area contributed by atoms with E-state index < -0.39 is 0 Å².